The molecule has 1 aromatic heterocycles. The Labute approximate surface area is 142 Å². The van der Waals surface area contributed by atoms with Crippen LogP contribution in [0, 0.1) is 0 Å². The van der Waals surface area contributed by atoms with Gasteiger partial charge >= 0.3 is 0 Å². The predicted octanol–water partition coefficient (Wildman–Crippen LogP) is 3.49. The number of aromatic nitrogens is 2. The Balaban J connectivity index is 2.05. The van der Waals surface area contributed by atoms with Crippen molar-refractivity contribution in [1.29, 1.82) is 0 Å². The van der Waals surface area contributed by atoms with Gasteiger partial charge in [0, 0.05) is 25.3 Å². The molecule has 0 atom stereocenters. The van der Waals surface area contributed by atoms with E-state index in [1.807, 2.05) is 31.2 Å². The summed E-state index contributed by atoms with van der Waals surface area (Å²) in [5.41, 5.74) is 1.26. The topological polar surface area (TPSA) is 67.4 Å². The van der Waals surface area contributed by atoms with E-state index in [0.717, 1.165) is 30.8 Å². The van der Waals surface area contributed by atoms with Crippen molar-refractivity contribution in [3.8, 4) is 5.75 Å². The van der Waals surface area contributed by atoms with Crippen LogP contribution in [0.25, 0.3) is 0 Å². The van der Waals surface area contributed by atoms with Crippen LogP contribution in [0.4, 0.5) is 11.5 Å². The van der Waals surface area contributed by atoms with Crippen molar-refractivity contribution in [3.63, 3.8) is 0 Å². The molecule has 0 saturated carbocycles. The molecule has 6 heteroatoms. The zero-order chi connectivity index (χ0) is 17.4. The summed E-state index contributed by atoms with van der Waals surface area (Å²) in [4.78, 5) is 22.3. The van der Waals surface area contributed by atoms with Gasteiger partial charge in [-0.05, 0) is 37.6 Å². The highest BCUT2D eigenvalue weighted by atomic mass is 16.5. The Bertz CT molecular complexity index is 658. The molecule has 1 N–H and O–H groups in total. The maximum atomic E-state index is 12.4. The molecule has 0 bridgehead atoms. The largest absolute Gasteiger partial charge is 0.494 e. The van der Waals surface area contributed by atoms with Crippen molar-refractivity contribution in [2.24, 2.45) is 0 Å². The minimum Gasteiger partial charge on any atom is -0.494 e. The van der Waals surface area contributed by atoms with E-state index in [-0.39, 0.29) is 5.91 Å². The van der Waals surface area contributed by atoms with Gasteiger partial charge in [-0.3, -0.25) is 4.79 Å². The first-order chi connectivity index (χ1) is 11.6. The third-order valence-corrected chi connectivity index (χ3v) is 3.52. The summed E-state index contributed by atoms with van der Waals surface area (Å²) in [6.45, 7) is 5.40. The summed E-state index contributed by atoms with van der Waals surface area (Å²) < 4.78 is 5.42. The highest BCUT2D eigenvalue weighted by Gasteiger charge is 2.13. The summed E-state index contributed by atoms with van der Waals surface area (Å²) in [6, 6.07) is 9.25. The van der Waals surface area contributed by atoms with Crippen LogP contribution in [-0.2, 0) is 0 Å². The minimum absolute atomic E-state index is 0.0967. The van der Waals surface area contributed by atoms with Crippen molar-refractivity contribution in [2.45, 2.75) is 26.7 Å². The Morgan fingerprint density at radius 1 is 1.21 bits per heavy atom. The minimum atomic E-state index is -0.0967. The lowest BCUT2D eigenvalue weighted by Crippen LogP contribution is -2.28. The maximum absolute atomic E-state index is 12.4. The molecule has 0 aliphatic rings. The van der Waals surface area contributed by atoms with Crippen molar-refractivity contribution in [3.05, 3.63) is 42.4 Å². The van der Waals surface area contributed by atoms with Crippen LogP contribution in [0.3, 0.4) is 0 Å². The Kier molecular flexibility index (Phi) is 6.54. The van der Waals surface area contributed by atoms with Crippen LogP contribution in [0.2, 0.25) is 0 Å². The average Bonchev–Trinajstić information content (AvgIpc) is 2.61. The van der Waals surface area contributed by atoms with E-state index in [2.05, 4.69) is 22.2 Å². The number of benzene rings is 1. The number of hydrogen-bond acceptors (Lipinski definition) is 5. The standard InChI is InChI=1S/C18H24N4O2/c1-4-6-11-22(3)18(23)16-12-17(20-13-19-16)21-14-7-9-15(10-8-14)24-5-2/h7-10,12-13H,4-6,11H2,1-3H3,(H,19,20,21). The van der Waals surface area contributed by atoms with Gasteiger partial charge in [-0.1, -0.05) is 13.3 Å². The quantitative estimate of drug-likeness (QED) is 0.803. The molecule has 0 fully saturated rings. The maximum Gasteiger partial charge on any atom is 0.272 e. The van der Waals surface area contributed by atoms with E-state index in [0.29, 0.717) is 18.1 Å². The van der Waals surface area contributed by atoms with Gasteiger partial charge in [0.2, 0.25) is 0 Å². The monoisotopic (exact) mass is 328 g/mol. The molecule has 1 aromatic carbocycles. The van der Waals surface area contributed by atoms with Gasteiger partial charge in [-0.15, -0.1) is 0 Å². The summed E-state index contributed by atoms with van der Waals surface area (Å²) in [7, 11) is 1.79. The fourth-order valence-corrected chi connectivity index (χ4v) is 2.18. The molecule has 0 aliphatic carbocycles. The number of carbonyl (C=O) groups excluding carboxylic acids is 1. The molecular weight excluding hydrogens is 304 g/mol. The number of amides is 1. The third kappa shape index (κ3) is 4.94. The van der Waals surface area contributed by atoms with Crippen molar-refractivity contribution < 1.29 is 9.53 Å². The molecule has 1 heterocycles. The molecule has 2 aromatic rings. The van der Waals surface area contributed by atoms with Crippen LogP contribution in [-0.4, -0.2) is 41.0 Å². The second-order valence-corrected chi connectivity index (χ2v) is 5.45. The summed E-state index contributed by atoms with van der Waals surface area (Å²) in [5, 5.41) is 3.17. The first kappa shape index (κ1) is 17.7. The molecular formula is C18H24N4O2. The SMILES string of the molecule is CCCCN(C)C(=O)c1cc(Nc2ccc(OCC)cc2)ncn1. The highest BCUT2D eigenvalue weighted by Crippen LogP contribution is 2.19. The average molecular weight is 328 g/mol. The van der Waals surface area contributed by atoms with E-state index in [1.165, 1.54) is 6.33 Å². The van der Waals surface area contributed by atoms with Crippen LogP contribution in [0.5, 0.6) is 5.75 Å². The first-order valence-electron chi connectivity index (χ1n) is 8.21. The molecule has 0 unspecified atom stereocenters. The molecule has 1 amide bonds. The summed E-state index contributed by atoms with van der Waals surface area (Å²) in [5.74, 6) is 1.31. The molecule has 0 saturated heterocycles. The van der Waals surface area contributed by atoms with E-state index < -0.39 is 0 Å². The van der Waals surface area contributed by atoms with Gasteiger partial charge in [0.05, 0.1) is 6.61 Å². The normalized spacial score (nSPS) is 10.3. The number of nitrogens with one attached hydrogen (secondary N) is 1. The lowest BCUT2D eigenvalue weighted by molar-refractivity contribution is 0.0787. The van der Waals surface area contributed by atoms with Crippen molar-refractivity contribution in [2.75, 3.05) is 25.5 Å². The molecule has 24 heavy (non-hydrogen) atoms. The predicted molar refractivity (Wildman–Crippen MR) is 94.8 cm³/mol. The van der Waals surface area contributed by atoms with E-state index in [4.69, 9.17) is 4.74 Å². The first-order valence-corrected chi connectivity index (χ1v) is 8.21. The van der Waals surface area contributed by atoms with E-state index in [1.54, 1.807) is 18.0 Å². The molecule has 2 rings (SSSR count). The van der Waals surface area contributed by atoms with Crippen LogP contribution >= 0.6 is 0 Å². The molecule has 0 spiro atoms. The summed E-state index contributed by atoms with van der Waals surface area (Å²) >= 11 is 0. The number of hydrogen-bond donors (Lipinski definition) is 1. The zero-order valence-electron chi connectivity index (χ0n) is 14.5. The number of rotatable bonds is 8. The lowest BCUT2D eigenvalue weighted by Gasteiger charge is -2.16. The van der Waals surface area contributed by atoms with Crippen LogP contribution < -0.4 is 10.1 Å². The highest BCUT2D eigenvalue weighted by molar-refractivity contribution is 5.92. The van der Waals surface area contributed by atoms with Gasteiger partial charge in [0.15, 0.2) is 0 Å². The molecule has 128 valence electrons. The Morgan fingerprint density at radius 2 is 1.96 bits per heavy atom. The Hall–Kier alpha value is -2.63. The smallest absolute Gasteiger partial charge is 0.272 e. The summed E-state index contributed by atoms with van der Waals surface area (Å²) in [6.07, 6.45) is 3.42. The number of carbonyl (C=O) groups is 1. The van der Waals surface area contributed by atoms with E-state index >= 15 is 0 Å². The third-order valence-electron chi connectivity index (χ3n) is 3.52. The second kappa shape index (κ2) is 8.86. The van der Waals surface area contributed by atoms with Crippen LogP contribution in [0.15, 0.2) is 36.7 Å². The van der Waals surface area contributed by atoms with Gasteiger partial charge in [-0.2, -0.15) is 0 Å². The van der Waals surface area contributed by atoms with Gasteiger partial charge < -0.3 is 15.0 Å². The molecule has 0 aliphatic heterocycles. The fraction of sp³-hybridized carbons (Fsp3) is 0.389. The number of anilines is 2. The number of unbranched alkanes of at least 4 members (excludes halogenated alkanes) is 1. The van der Waals surface area contributed by atoms with Gasteiger partial charge in [0.25, 0.3) is 5.91 Å². The molecule has 6 nitrogen and oxygen atoms in total. The number of ether oxygens (including phenoxy) is 1. The lowest BCUT2D eigenvalue weighted by atomic mass is 10.2. The van der Waals surface area contributed by atoms with Crippen LogP contribution in [0.1, 0.15) is 37.2 Å². The van der Waals surface area contributed by atoms with E-state index in [9.17, 15) is 4.79 Å². The van der Waals surface area contributed by atoms with Crippen molar-refractivity contribution in [1.82, 2.24) is 14.9 Å². The fourth-order valence-electron chi connectivity index (χ4n) is 2.18. The Morgan fingerprint density at radius 3 is 2.62 bits per heavy atom. The van der Waals surface area contributed by atoms with Gasteiger partial charge in [0.1, 0.15) is 23.6 Å². The second-order valence-electron chi connectivity index (χ2n) is 5.45. The zero-order valence-corrected chi connectivity index (χ0v) is 14.5. The molecule has 0 radical (unpaired) electrons. The number of nitrogens with zero attached hydrogens (tertiary/aromatic N) is 3. The van der Waals surface area contributed by atoms with Gasteiger partial charge in [-0.25, -0.2) is 9.97 Å². The van der Waals surface area contributed by atoms with Crippen molar-refractivity contribution >= 4 is 17.4 Å².